The highest BCUT2D eigenvalue weighted by atomic mass is 16.5. The Bertz CT molecular complexity index is 2340. The zero-order valence-corrected chi connectivity index (χ0v) is 29.1. The summed E-state index contributed by atoms with van der Waals surface area (Å²) in [7, 11) is 0. The van der Waals surface area contributed by atoms with Crippen LogP contribution in [0.1, 0.15) is 58.1 Å². The molecule has 0 aromatic heterocycles. The first kappa shape index (κ1) is 32.4. The molecule has 0 saturated carbocycles. The Morgan fingerprint density at radius 3 is 1.91 bits per heavy atom. The lowest BCUT2D eigenvalue weighted by Crippen LogP contribution is -2.54. The molecule has 0 aliphatic carbocycles. The van der Waals surface area contributed by atoms with Gasteiger partial charge in [-0.25, -0.2) is 9.69 Å². The second-order valence-electron chi connectivity index (χ2n) is 13.9. The van der Waals surface area contributed by atoms with E-state index in [1.165, 1.54) is 16.8 Å². The molecule has 0 bridgehead atoms. The van der Waals surface area contributed by atoms with Crippen molar-refractivity contribution in [2.75, 3.05) is 22.9 Å². The third kappa shape index (κ3) is 5.94. The number of nitrogens with one attached hydrogen (secondary N) is 1. The van der Waals surface area contributed by atoms with Gasteiger partial charge in [0.15, 0.2) is 0 Å². The summed E-state index contributed by atoms with van der Waals surface area (Å²) in [6, 6.07) is 45.5. The van der Waals surface area contributed by atoms with E-state index in [1.54, 1.807) is 6.08 Å². The van der Waals surface area contributed by atoms with Crippen molar-refractivity contribution in [1.29, 1.82) is 0 Å². The summed E-state index contributed by atoms with van der Waals surface area (Å²) in [5, 5.41) is 4.24. The molecule has 4 amide bonds. The number of nitrogens with zero attached hydrogens (tertiary/aromatic N) is 2. The number of carbonyl (C=O) groups excluding carboxylic acids is 3. The fraction of sp³-hybridized carbons (Fsp3) is 0.152. The van der Waals surface area contributed by atoms with Crippen molar-refractivity contribution < 1.29 is 19.1 Å². The quantitative estimate of drug-likeness (QED) is 0.133. The van der Waals surface area contributed by atoms with Crippen LogP contribution in [-0.2, 0) is 16.2 Å². The minimum atomic E-state index is -0.765. The van der Waals surface area contributed by atoms with Crippen LogP contribution >= 0.6 is 0 Å². The number of barbiturate groups is 1. The Kier molecular flexibility index (Phi) is 8.31. The summed E-state index contributed by atoms with van der Waals surface area (Å²) >= 11 is 0. The standard InChI is InChI=1S/C46H37N3O4/c50-44-41(28-38-35-19-11-10-18-33(35)20-21-42(38)53-29-30-12-4-1-5-13-30)45(51)49(46(52)47-44)34-26-39-36(31-14-6-2-7-15-31)22-24-48-25-23-37(40(27-34)43(39)48)32-16-8-3-9-17-32/h1-21,26-28,36-37H,22-25,29H2,(H,47,50,52)/b41-28+/t36-,37-/m1/s1. The number of rotatable bonds is 7. The second kappa shape index (κ2) is 13.6. The van der Waals surface area contributed by atoms with Crippen molar-refractivity contribution in [2.24, 2.45) is 0 Å². The number of benzene rings is 6. The smallest absolute Gasteiger partial charge is 0.335 e. The molecule has 7 nitrogen and oxygen atoms in total. The number of fused-ring (bicyclic) bond motifs is 1. The lowest BCUT2D eigenvalue weighted by atomic mass is 9.76. The Hall–Kier alpha value is -6.47. The Labute approximate surface area is 308 Å². The van der Waals surface area contributed by atoms with Crippen LogP contribution in [0.4, 0.5) is 16.2 Å². The fourth-order valence-electron chi connectivity index (χ4n) is 8.29. The van der Waals surface area contributed by atoms with Crippen LogP contribution in [-0.4, -0.2) is 30.9 Å². The molecule has 0 unspecified atom stereocenters. The average Bonchev–Trinajstić information content (AvgIpc) is 3.20. The highest BCUT2D eigenvalue weighted by Crippen LogP contribution is 2.50. The van der Waals surface area contributed by atoms with Gasteiger partial charge in [-0.15, -0.1) is 0 Å². The van der Waals surface area contributed by atoms with Crippen LogP contribution < -0.4 is 19.9 Å². The van der Waals surface area contributed by atoms with Crippen molar-refractivity contribution in [3.05, 3.63) is 178 Å². The van der Waals surface area contributed by atoms with Gasteiger partial charge in [0.05, 0.1) is 5.69 Å². The maximum absolute atomic E-state index is 14.7. The van der Waals surface area contributed by atoms with E-state index in [0.717, 1.165) is 58.3 Å². The highest BCUT2D eigenvalue weighted by Gasteiger charge is 2.41. The van der Waals surface area contributed by atoms with Crippen LogP contribution in [0, 0.1) is 0 Å². The predicted octanol–water partition coefficient (Wildman–Crippen LogP) is 8.96. The Morgan fingerprint density at radius 2 is 1.26 bits per heavy atom. The molecule has 0 spiro atoms. The van der Waals surface area contributed by atoms with Crippen molar-refractivity contribution in [1.82, 2.24) is 5.32 Å². The first-order valence-corrected chi connectivity index (χ1v) is 18.2. The molecule has 3 aliphatic heterocycles. The largest absolute Gasteiger partial charge is 0.488 e. The number of imide groups is 2. The number of anilines is 2. The summed E-state index contributed by atoms with van der Waals surface area (Å²) in [4.78, 5) is 45.7. The molecule has 53 heavy (non-hydrogen) atoms. The molecule has 1 fully saturated rings. The maximum atomic E-state index is 14.7. The topological polar surface area (TPSA) is 79.0 Å². The van der Waals surface area contributed by atoms with Crippen LogP contribution in [0.15, 0.2) is 145 Å². The molecule has 3 heterocycles. The van der Waals surface area contributed by atoms with Gasteiger partial charge in [0.2, 0.25) is 0 Å². The van der Waals surface area contributed by atoms with E-state index in [1.807, 2.05) is 91.0 Å². The van der Waals surface area contributed by atoms with Gasteiger partial charge in [-0.05, 0) is 75.7 Å². The summed E-state index contributed by atoms with van der Waals surface area (Å²) < 4.78 is 6.32. The minimum Gasteiger partial charge on any atom is -0.488 e. The highest BCUT2D eigenvalue weighted by molar-refractivity contribution is 6.39. The van der Waals surface area contributed by atoms with Crippen LogP contribution in [0.3, 0.4) is 0 Å². The molecule has 3 aliphatic rings. The predicted molar refractivity (Wildman–Crippen MR) is 208 cm³/mol. The number of amides is 4. The monoisotopic (exact) mass is 695 g/mol. The van der Waals surface area contributed by atoms with Crippen molar-refractivity contribution in [3.8, 4) is 5.75 Å². The van der Waals surface area contributed by atoms with Crippen LogP contribution in [0.2, 0.25) is 0 Å². The summed E-state index contributed by atoms with van der Waals surface area (Å²) in [5.74, 6) is -0.735. The van der Waals surface area contributed by atoms with Gasteiger partial charge in [0.25, 0.3) is 11.8 Å². The molecular weight excluding hydrogens is 659 g/mol. The SMILES string of the molecule is O=C1NC(=O)N(c2cc3c4c(c2)[C@@H](c2ccccc2)CCN4CC[C@@H]3c2ccccc2)C(=O)/C1=C/c1c(OCc2ccccc2)ccc2ccccc12. The van der Waals surface area contributed by atoms with Crippen LogP contribution in [0.5, 0.6) is 5.75 Å². The maximum Gasteiger partial charge on any atom is 0.335 e. The fourth-order valence-corrected chi connectivity index (χ4v) is 8.29. The van der Waals surface area contributed by atoms with E-state index in [9.17, 15) is 14.4 Å². The Balaban J connectivity index is 1.17. The molecule has 1 N–H and O–H groups in total. The first-order chi connectivity index (χ1) is 26.0. The van der Waals surface area contributed by atoms with Crippen molar-refractivity contribution in [2.45, 2.75) is 31.3 Å². The van der Waals surface area contributed by atoms with E-state index in [0.29, 0.717) is 23.6 Å². The summed E-state index contributed by atoms with van der Waals surface area (Å²) in [6.45, 7) is 2.15. The lowest BCUT2D eigenvalue weighted by Gasteiger charge is -2.44. The van der Waals surface area contributed by atoms with Crippen molar-refractivity contribution >= 4 is 46.1 Å². The zero-order chi connectivity index (χ0) is 35.9. The van der Waals surface area contributed by atoms with Gasteiger partial charge in [0, 0.05) is 36.2 Å². The first-order valence-electron chi connectivity index (χ1n) is 18.2. The van der Waals surface area contributed by atoms with Crippen molar-refractivity contribution in [3.63, 3.8) is 0 Å². The third-order valence-corrected chi connectivity index (χ3v) is 10.8. The molecule has 260 valence electrons. The van der Waals surface area contributed by atoms with E-state index >= 15 is 0 Å². The van der Waals surface area contributed by atoms with E-state index < -0.39 is 17.8 Å². The number of urea groups is 1. The van der Waals surface area contributed by atoms with E-state index in [-0.39, 0.29) is 17.4 Å². The van der Waals surface area contributed by atoms with E-state index in [2.05, 4.69) is 58.7 Å². The summed E-state index contributed by atoms with van der Waals surface area (Å²) in [6.07, 6.45) is 3.39. The number of hydrogen-bond donors (Lipinski definition) is 1. The van der Waals surface area contributed by atoms with Crippen LogP contribution in [0.25, 0.3) is 16.8 Å². The second-order valence-corrected chi connectivity index (χ2v) is 13.9. The van der Waals surface area contributed by atoms with Gasteiger partial charge in [-0.3, -0.25) is 14.9 Å². The van der Waals surface area contributed by atoms with Gasteiger partial charge in [0.1, 0.15) is 17.9 Å². The third-order valence-electron chi connectivity index (χ3n) is 10.8. The molecule has 6 aromatic carbocycles. The van der Waals surface area contributed by atoms with Gasteiger partial charge in [-0.1, -0.05) is 121 Å². The minimum absolute atomic E-state index is 0.0790. The van der Waals surface area contributed by atoms with Gasteiger partial charge in [-0.2, -0.15) is 0 Å². The number of carbonyl (C=O) groups is 3. The molecule has 2 atom stereocenters. The Morgan fingerprint density at radius 1 is 0.679 bits per heavy atom. The van der Waals surface area contributed by atoms with Gasteiger partial charge < -0.3 is 9.64 Å². The lowest BCUT2D eigenvalue weighted by molar-refractivity contribution is -0.122. The average molecular weight is 696 g/mol. The zero-order valence-electron chi connectivity index (χ0n) is 29.1. The molecule has 6 aromatic rings. The molecular formula is C46H37N3O4. The number of hydrogen-bond acceptors (Lipinski definition) is 5. The normalized spacial score (nSPS) is 18.9. The molecule has 7 heteroatoms. The molecule has 9 rings (SSSR count). The molecule has 0 radical (unpaired) electrons. The van der Waals surface area contributed by atoms with E-state index in [4.69, 9.17) is 4.74 Å². The molecule has 1 saturated heterocycles. The summed E-state index contributed by atoms with van der Waals surface area (Å²) in [5.41, 5.74) is 7.63. The van der Waals surface area contributed by atoms with Gasteiger partial charge >= 0.3 is 6.03 Å². The number of ether oxygens (including phenoxy) is 1.